The number of benzene rings is 1. The largest absolute Gasteiger partial charge is 0.478 e. The molecule has 22 heavy (non-hydrogen) atoms. The molecule has 0 amide bonds. The summed E-state index contributed by atoms with van der Waals surface area (Å²) in [7, 11) is 0. The van der Waals surface area contributed by atoms with Gasteiger partial charge in [0.25, 0.3) is 0 Å². The third kappa shape index (κ3) is 2.47. The van der Waals surface area contributed by atoms with Crippen molar-refractivity contribution in [2.75, 3.05) is 9.80 Å². The molecule has 1 aliphatic heterocycles. The summed E-state index contributed by atoms with van der Waals surface area (Å²) < 4.78 is 0. The quantitative estimate of drug-likeness (QED) is 0.545. The van der Waals surface area contributed by atoms with Gasteiger partial charge in [0, 0.05) is 38.2 Å². The van der Waals surface area contributed by atoms with Gasteiger partial charge in [0.15, 0.2) is 0 Å². The number of nitrogens with zero attached hydrogens (tertiary/aromatic N) is 5. The first-order valence-corrected chi connectivity index (χ1v) is 6.54. The summed E-state index contributed by atoms with van der Waals surface area (Å²) in [6.07, 6.45) is 6.90. The number of anilines is 4. The molecule has 0 bridgehead atoms. The normalized spacial score (nSPS) is 12.7. The first kappa shape index (κ1) is 14.6. The van der Waals surface area contributed by atoms with Gasteiger partial charge in [-0.3, -0.25) is 4.98 Å². The molecule has 0 spiro atoms. The second-order valence-corrected chi connectivity index (χ2v) is 4.54. The predicted molar refractivity (Wildman–Crippen MR) is 80.1 cm³/mol. The van der Waals surface area contributed by atoms with Crippen LogP contribution in [0.3, 0.4) is 0 Å². The molecule has 0 saturated heterocycles. The third-order valence-electron chi connectivity index (χ3n) is 3.28. The van der Waals surface area contributed by atoms with E-state index in [1.54, 1.807) is 18.7 Å². The van der Waals surface area contributed by atoms with Crippen molar-refractivity contribution in [3.63, 3.8) is 0 Å². The summed E-state index contributed by atoms with van der Waals surface area (Å²) in [5, 5.41) is 0. The number of hydrogen-bond acceptors (Lipinski definition) is 5. The second kappa shape index (κ2) is 6.22. The molecular formula is C16H11IrN5-2. The first-order chi connectivity index (χ1) is 10.4. The summed E-state index contributed by atoms with van der Waals surface area (Å²) in [6.45, 7) is 1.99. The van der Waals surface area contributed by atoms with Crippen molar-refractivity contribution < 1.29 is 20.1 Å². The molecule has 3 heterocycles. The Morgan fingerprint density at radius 3 is 2.64 bits per heavy atom. The number of hydrogen-bond donors (Lipinski definition) is 0. The molecule has 0 fully saturated rings. The molecule has 4 rings (SSSR count). The second-order valence-electron chi connectivity index (χ2n) is 4.54. The maximum Gasteiger partial charge on any atom is 0.128 e. The predicted octanol–water partition coefficient (Wildman–Crippen LogP) is 3.08. The van der Waals surface area contributed by atoms with Crippen LogP contribution < -0.4 is 9.80 Å². The van der Waals surface area contributed by atoms with Crippen LogP contribution in [0.1, 0.15) is 0 Å². The molecular weight excluding hydrogens is 454 g/mol. The van der Waals surface area contributed by atoms with Crippen LogP contribution in [0.5, 0.6) is 0 Å². The van der Waals surface area contributed by atoms with Crippen LogP contribution in [0.2, 0.25) is 0 Å². The fourth-order valence-electron chi connectivity index (χ4n) is 2.32. The van der Waals surface area contributed by atoms with Crippen LogP contribution in [0.15, 0.2) is 61.3 Å². The fourth-order valence-corrected chi connectivity index (χ4v) is 2.32. The Morgan fingerprint density at radius 1 is 1.00 bits per heavy atom. The first-order valence-electron chi connectivity index (χ1n) is 6.54. The number of aromatic nitrogens is 3. The van der Waals surface area contributed by atoms with Crippen molar-refractivity contribution in [1.29, 1.82) is 0 Å². The van der Waals surface area contributed by atoms with Crippen molar-refractivity contribution in [2.24, 2.45) is 0 Å². The van der Waals surface area contributed by atoms with Gasteiger partial charge in [-0.05, 0) is 12.1 Å². The summed E-state index contributed by atoms with van der Waals surface area (Å²) >= 11 is 0. The van der Waals surface area contributed by atoms with Gasteiger partial charge in [-0.1, -0.05) is 0 Å². The van der Waals surface area contributed by atoms with E-state index in [9.17, 15) is 0 Å². The summed E-state index contributed by atoms with van der Waals surface area (Å²) in [6, 6.07) is 14.9. The molecule has 0 unspecified atom stereocenters. The molecule has 1 aliphatic rings. The molecule has 0 aliphatic carbocycles. The molecule has 0 saturated carbocycles. The van der Waals surface area contributed by atoms with E-state index in [2.05, 4.69) is 21.0 Å². The van der Waals surface area contributed by atoms with E-state index in [4.69, 9.17) is 0 Å². The zero-order valence-electron chi connectivity index (χ0n) is 11.4. The van der Waals surface area contributed by atoms with E-state index < -0.39 is 0 Å². The van der Waals surface area contributed by atoms with E-state index in [0.29, 0.717) is 0 Å². The van der Waals surface area contributed by atoms with Crippen LogP contribution in [-0.4, -0.2) is 15.0 Å². The molecule has 0 atom stereocenters. The van der Waals surface area contributed by atoms with Crippen LogP contribution in [0, 0.1) is 12.7 Å². The number of fused-ring (bicyclic) bond motifs is 1. The van der Waals surface area contributed by atoms with Gasteiger partial charge in [0.2, 0.25) is 0 Å². The van der Waals surface area contributed by atoms with E-state index >= 15 is 0 Å². The third-order valence-corrected chi connectivity index (χ3v) is 3.28. The van der Waals surface area contributed by atoms with Crippen molar-refractivity contribution in [3.05, 3.63) is 74.1 Å². The monoisotopic (exact) mass is 466 g/mol. The molecule has 111 valence electrons. The molecule has 0 N–H and O–H groups in total. The molecule has 1 aromatic carbocycles. The van der Waals surface area contributed by atoms with Gasteiger partial charge in [-0.25, -0.2) is 9.97 Å². The zero-order chi connectivity index (χ0) is 14.1. The Labute approximate surface area is 142 Å². The molecule has 2 aromatic heterocycles. The Kier molecular flexibility index (Phi) is 4.13. The average molecular weight is 466 g/mol. The topological polar surface area (TPSA) is 45.2 Å². The average Bonchev–Trinajstić information content (AvgIpc) is 2.96. The SMILES string of the molecule is [Ir].[c-]1ccccc1N1[CH-]N(c2ccncc2)c2cncnc21. The maximum atomic E-state index is 4.40. The van der Waals surface area contributed by atoms with Crippen molar-refractivity contribution in [3.8, 4) is 0 Å². The molecule has 5 nitrogen and oxygen atoms in total. The smallest absolute Gasteiger partial charge is 0.128 e. The zero-order valence-corrected chi connectivity index (χ0v) is 13.8. The van der Waals surface area contributed by atoms with Gasteiger partial charge < -0.3 is 9.80 Å². The Bertz CT molecular complexity index is 686. The van der Waals surface area contributed by atoms with Gasteiger partial charge in [0.05, 0.1) is 11.9 Å². The Balaban J connectivity index is 0.00000144. The minimum Gasteiger partial charge on any atom is -0.478 e. The number of rotatable bonds is 2. The summed E-state index contributed by atoms with van der Waals surface area (Å²) in [5.74, 6) is 0.837. The van der Waals surface area contributed by atoms with Crippen molar-refractivity contribution in [2.45, 2.75) is 0 Å². The molecule has 1 radical (unpaired) electrons. The van der Waals surface area contributed by atoms with Crippen LogP contribution in [0.4, 0.5) is 22.9 Å². The Hall–Kier alpha value is -2.30. The minimum absolute atomic E-state index is 0. The summed E-state index contributed by atoms with van der Waals surface area (Å²) in [5.41, 5.74) is 2.88. The summed E-state index contributed by atoms with van der Waals surface area (Å²) in [4.78, 5) is 16.6. The fraction of sp³-hybridized carbons (Fsp3) is 0. The number of pyridine rings is 1. The molecule has 6 heteroatoms. The Morgan fingerprint density at radius 2 is 1.86 bits per heavy atom. The van der Waals surface area contributed by atoms with Gasteiger partial charge in [-0.15, -0.1) is 12.4 Å². The van der Waals surface area contributed by atoms with Crippen LogP contribution >= 0.6 is 0 Å². The van der Waals surface area contributed by atoms with E-state index in [1.165, 1.54) is 0 Å². The van der Waals surface area contributed by atoms with Gasteiger partial charge >= 0.3 is 0 Å². The van der Waals surface area contributed by atoms with E-state index in [1.807, 2.05) is 59.1 Å². The number of para-hydroxylation sites is 1. The van der Waals surface area contributed by atoms with Crippen LogP contribution in [-0.2, 0) is 20.1 Å². The minimum atomic E-state index is 0. The van der Waals surface area contributed by atoms with Crippen molar-refractivity contribution in [1.82, 2.24) is 15.0 Å². The van der Waals surface area contributed by atoms with E-state index in [0.717, 1.165) is 22.9 Å². The van der Waals surface area contributed by atoms with Gasteiger partial charge in [0.1, 0.15) is 12.1 Å². The molecule has 3 aromatic rings. The van der Waals surface area contributed by atoms with Gasteiger partial charge in [-0.2, -0.15) is 30.3 Å². The van der Waals surface area contributed by atoms with Crippen molar-refractivity contribution >= 4 is 22.9 Å². The standard InChI is InChI=1S/C16H11N5.Ir/c1-2-4-13(5-3-1)21-12-20(14-6-8-17-9-7-14)15-10-18-11-19-16(15)21;/h1-4,6-12H;/q-2;. The maximum absolute atomic E-state index is 4.40. The van der Waals surface area contributed by atoms with Crippen LogP contribution in [0.25, 0.3) is 0 Å². The van der Waals surface area contributed by atoms with E-state index in [-0.39, 0.29) is 20.1 Å².